The van der Waals surface area contributed by atoms with Crippen LogP contribution < -0.4 is 5.56 Å². The van der Waals surface area contributed by atoms with Gasteiger partial charge in [0.2, 0.25) is 5.69 Å². The standard InChI is InChI=1S/C23H25N5O2/c1-2-17-8-10-18(11-9-17)16-24-28-23(30)21(25-26-28)22(29)27-14-12-20(13-15-27)19-6-4-3-5-7-19/h3-11,16,20,26H,2,12-15H2,1H3. The van der Waals surface area contributed by atoms with Crippen LogP contribution in [0.25, 0.3) is 0 Å². The molecule has 0 radical (unpaired) electrons. The SMILES string of the molecule is CCc1ccc(C=Nn2[nH]nc(C(=O)N3CCC(c4ccccc4)CC3)c2=O)cc1. The zero-order valence-electron chi connectivity index (χ0n) is 17.0. The second kappa shape index (κ2) is 8.90. The number of amides is 1. The molecule has 4 rings (SSSR count). The van der Waals surface area contributed by atoms with Crippen LogP contribution in [-0.2, 0) is 6.42 Å². The number of likely N-dealkylation sites (tertiary alicyclic amines) is 1. The molecule has 0 unspecified atom stereocenters. The number of aromatic nitrogens is 3. The molecular weight excluding hydrogens is 378 g/mol. The third-order valence-corrected chi connectivity index (χ3v) is 5.62. The molecular formula is C23H25N5O2. The summed E-state index contributed by atoms with van der Waals surface area (Å²) >= 11 is 0. The Hall–Kier alpha value is -3.48. The Bertz CT molecular complexity index is 1070. The van der Waals surface area contributed by atoms with Gasteiger partial charge < -0.3 is 4.90 Å². The van der Waals surface area contributed by atoms with Crippen molar-refractivity contribution in [2.75, 3.05) is 13.1 Å². The highest BCUT2D eigenvalue weighted by Crippen LogP contribution is 2.28. The van der Waals surface area contributed by atoms with Gasteiger partial charge in [0.25, 0.3) is 5.91 Å². The number of nitrogens with zero attached hydrogens (tertiary/aromatic N) is 4. The highest BCUT2D eigenvalue weighted by molar-refractivity contribution is 5.92. The second-order valence-corrected chi connectivity index (χ2v) is 7.49. The number of aryl methyl sites for hydroxylation is 1. The zero-order valence-corrected chi connectivity index (χ0v) is 17.0. The van der Waals surface area contributed by atoms with E-state index in [1.807, 2.05) is 42.5 Å². The minimum atomic E-state index is -0.536. The van der Waals surface area contributed by atoms with E-state index in [0.717, 1.165) is 29.6 Å². The molecule has 1 saturated heterocycles. The molecule has 3 aromatic rings. The lowest BCUT2D eigenvalue weighted by Gasteiger charge is -2.31. The number of carbonyl (C=O) groups is 1. The summed E-state index contributed by atoms with van der Waals surface area (Å²) in [5.74, 6) is 0.0961. The molecule has 0 spiro atoms. The third-order valence-electron chi connectivity index (χ3n) is 5.62. The van der Waals surface area contributed by atoms with Crippen molar-refractivity contribution >= 4 is 12.1 Å². The number of H-pyrrole nitrogens is 1. The predicted octanol–water partition coefficient (Wildman–Crippen LogP) is 3.04. The minimum Gasteiger partial charge on any atom is -0.337 e. The maximum atomic E-state index is 12.8. The molecule has 1 aliphatic heterocycles. The van der Waals surface area contributed by atoms with Crippen molar-refractivity contribution in [3.05, 3.63) is 87.3 Å². The smallest absolute Gasteiger partial charge is 0.320 e. The average molecular weight is 403 g/mol. The third kappa shape index (κ3) is 4.25. The van der Waals surface area contributed by atoms with Crippen molar-refractivity contribution in [1.82, 2.24) is 20.0 Å². The fourth-order valence-corrected chi connectivity index (χ4v) is 3.76. The van der Waals surface area contributed by atoms with Gasteiger partial charge in [-0.2, -0.15) is 10.3 Å². The minimum absolute atomic E-state index is 0.119. The van der Waals surface area contributed by atoms with Crippen LogP contribution in [-0.4, -0.2) is 45.2 Å². The highest BCUT2D eigenvalue weighted by atomic mass is 16.2. The Kier molecular flexibility index (Phi) is 5.88. The number of piperidine rings is 1. The van der Waals surface area contributed by atoms with Gasteiger partial charge in [-0.1, -0.05) is 61.5 Å². The number of benzene rings is 2. The molecule has 1 N–H and O–H groups in total. The first-order valence-corrected chi connectivity index (χ1v) is 10.3. The summed E-state index contributed by atoms with van der Waals surface area (Å²) in [6.45, 7) is 3.31. The van der Waals surface area contributed by atoms with Gasteiger partial charge in [0.05, 0.1) is 6.21 Å². The molecule has 1 fully saturated rings. The summed E-state index contributed by atoms with van der Waals surface area (Å²) in [5, 5.41) is 10.6. The van der Waals surface area contributed by atoms with Gasteiger partial charge in [-0.3, -0.25) is 9.59 Å². The first kappa shape index (κ1) is 19.8. The van der Waals surface area contributed by atoms with Crippen LogP contribution in [0.15, 0.2) is 64.5 Å². The maximum Gasteiger partial charge on any atom is 0.320 e. The predicted molar refractivity (Wildman–Crippen MR) is 116 cm³/mol. The van der Waals surface area contributed by atoms with Crippen LogP contribution in [0.4, 0.5) is 0 Å². The van der Waals surface area contributed by atoms with Crippen molar-refractivity contribution in [3.63, 3.8) is 0 Å². The molecule has 0 bridgehead atoms. The summed E-state index contributed by atoms with van der Waals surface area (Å²) in [6, 6.07) is 18.3. The molecule has 1 aromatic heterocycles. The first-order chi connectivity index (χ1) is 14.7. The van der Waals surface area contributed by atoms with Gasteiger partial charge in [-0.25, -0.2) is 0 Å². The lowest BCUT2D eigenvalue weighted by molar-refractivity contribution is 0.0705. The average Bonchev–Trinajstić information content (AvgIpc) is 3.18. The van der Waals surface area contributed by atoms with Crippen LogP contribution in [0.5, 0.6) is 0 Å². The van der Waals surface area contributed by atoms with E-state index in [0.29, 0.717) is 19.0 Å². The molecule has 30 heavy (non-hydrogen) atoms. The molecule has 2 aromatic carbocycles. The molecule has 0 atom stereocenters. The molecule has 2 heterocycles. The summed E-state index contributed by atoms with van der Waals surface area (Å²) < 4.78 is 0. The Morgan fingerprint density at radius 3 is 2.50 bits per heavy atom. The van der Waals surface area contributed by atoms with E-state index in [1.54, 1.807) is 11.1 Å². The molecule has 0 saturated carbocycles. The van der Waals surface area contributed by atoms with Crippen molar-refractivity contribution in [3.8, 4) is 0 Å². The molecule has 1 amide bonds. The Morgan fingerprint density at radius 2 is 1.83 bits per heavy atom. The van der Waals surface area contributed by atoms with E-state index in [1.165, 1.54) is 11.1 Å². The van der Waals surface area contributed by atoms with Gasteiger partial charge in [0.15, 0.2) is 0 Å². The van der Waals surface area contributed by atoms with E-state index < -0.39 is 5.56 Å². The van der Waals surface area contributed by atoms with E-state index in [4.69, 9.17) is 0 Å². The van der Waals surface area contributed by atoms with E-state index in [2.05, 4.69) is 34.5 Å². The second-order valence-electron chi connectivity index (χ2n) is 7.49. The van der Waals surface area contributed by atoms with E-state index in [9.17, 15) is 9.59 Å². The number of nitrogens with one attached hydrogen (secondary N) is 1. The van der Waals surface area contributed by atoms with Crippen LogP contribution >= 0.6 is 0 Å². The lowest BCUT2D eigenvalue weighted by atomic mass is 9.89. The maximum absolute atomic E-state index is 12.8. The number of hydrogen-bond donors (Lipinski definition) is 1. The zero-order chi connectivity index (χ0) is 20.9. The monoisotopic (exact) mass is 403 g/mol. The Morgan fingerprint density at radius 1 is 1.13 bits per heavy atom. The van der Waals surface area contributed by atoms with Crippen molar-refractivity contribution in [1.29, 1.82) is 0 Å². The summed E-state index contributed by atoms with van der Waals surface area (Å²) in [4.78, 5) is 28.1. The lowest BCUT2D eigenvalue weighted by Crippen LogP contribution is -2.40. The summed E-state index contributed by atoms with van der Waals surface area (Å²) in [6.07, 6.45) is 4.28. The van der Waals surface area contributed by atoms with Gasteiger partial charge in [-0.15, -0.1) is 9.89 Å². The van der Waals surface area contributed by atoms with E-state index in [-0.39, 0.29) is 11.6 Å². The number of carbonyl (C=O) groups excluding carboxylic acids is 1. The normalized spacial score (nSPS) is 15.0. The van der Waals surface area contributed by atoms with Gasteiger partial charge in [0.1, 0.15) is 0 Å². The fourth-order valence-electron chi connectivity index (χ4n) is 3.76. The van der Waals surface area contributed by atoms with Crippen molar-refractivity contribution in [2.24, 2.45) is 5.10 Å². The summed E-state index contributed by atoms with van der Waals surface area (Å²) in [5.41, 5.74) is 2.74. The topological polar surface area (TPSA) is 83.3 Å². The molecule has 7 nitrogen and oxygen atoms in total. The molecule has 7 heteroatoms. The van der Waals surface area contributed by atoms with Crippen LogP contribution in [0.3, 0.4) is 0 Å². The number of aromatic amines is 1. The summed E-state index contributed by atoms with van der Waals surface area (Å²) in [7, 11) is 0. The van der Waals surface area contributed by atoms with E-state index >= 15 is 0 Å². The van der Waals surface area contributed by atoms with Crippen LogP contribution in [0.1, 0.15) is 52.9 Å². The molecule has 154 valence electrons. The van der Waals surface area contributed by atoms with Gasteiger partial charge in [-0.05, 0) is 41.9 Å². The molecule has 0 aliphatic carbocycles. The Labute approximate surface area is 175 Å². The number of hydrogen-bond acceptors (Lipinski definition) is 4. The van der Waals surface area contributed by atoms with Gasteiger partial charge in [0, 0.05) is 13.1 Å². The quantitative estimate of drug-likeness (QED) is 0.665. The first-order valence-electron chi connectivity index (χ1n) is 10.3. The highest BCUT2D eigenvalue weighted by Gasteiger charge is 2.28. The van der Waals surface area contributed by atoms with Gasteiger partial charge >= 0.3 is 5.56 Å². The Balaban J connectivity index is 1.41. The van der Waals surface area contributed by atoms with Crippen LogP contribution in [0, 0.1) is 0 Å². The fraction of sp³-hybridized carbons (Fsp3) is 0.304. The van der Waals surface area contributed by atoms with Crippen molar-refractivity contribution < 1.29 is 4.79 Å². The van der Waals surface area contributed by atoms with Crippen molar-refractivity contribution in [2.45, 2.75) is 32.1 Å². The molecule has 1 aliphatic rings. The van der Waals surface area contributed by atoms with Crippen LogP contribution in [0.2, 0.25) is 0 Å². The number of rotatable bonds is 5. The largest absolute Gasteiger partial charge is 0.337 e.